The second-order valence-corrected chi connectivity index (χ2v) is 19.5. The molecule has 1 aliphatic rings. The van der Waals surface area contributed by atoms with E-state index in [1.807, 2.05) is 6.07 Å². The Bertz CT molecular complexity index is 4210. The molecule has 4 aromatic carbocycles. The second kappa shape index (κ2) is 30.6. The van der Waals surface area contributed by atoms with Gasteiger partial charge in [-0.05, 0) is 48.5 Å². The summed E-state index contributed by atoms with van der Waals surface area (Å²) in [7, 11) is 12.8. The van der Waals surface area contributed by atoms with Crippen LogP contribution in [-0.2, 0) is 18.9 Å². The molecule has 32 heteroatoms. The summed E-state index contributed by atoms with van der Waals surface area (Å²) in [6.07, 6.45) is 0. The lowest BCUT2D eigenvalue weighted by Gasteiger charge is -2.18. The Labute approximate surface area is 535 Å². The monoisotopic (exact) mass is 1340 g/mol. The lowest BCUT2D eigenvalue weighted by atomic mass is 10.1. The van der Waals surface area contributed by atoms with Crippen LogP contribution in [0.25, 0.3) is 45.0 Å². The fourth-order valence-electron chi connectivity index (χ4n) is 8.34. The number of aromatic nitrogens is 4. The highest BCUT2D eigenvalue weighted by atomic mass is 35.5. The Kier molecular flexibility index (Phi) is 23.4. The molecule has 0 atom stereocenters. The van der Waals surface area contributed by atoms with Gasteiger partial charge in [-0.3, -0.25) is 0 Å². The summed E-state index contributed by atoms with van der Waals surface area (Å²) < 4.78 is 121. The van der Waals surface area contributed by atoms with Gasteiger partial charge in [0.25, 0.3) is 0 Å². The van der Waals surface area contributed by atoms with Crippen molar-refractivity contribution in [2.45, 2.75) is 0 Å². The van der Waals surface area contributed by atoms with Gasteiger partial charge in [-0.25, -0.2) is 61.1 Å². The lowest BCUT2D eigenvalue weighted by molar-refractivity contribution is 0.0581. The first-order valence-electron chi connectivity index (χ1n) is 25.7. The molecule has 5 heterocycles. The Morgan fingerprint density at radius 1 is 0.489 bits per heavy atom. The summed E-state index contributed by atoms with van der Waals surface area (Å²) in [5.74, 6) is -8.43. The molecule has 0 bridgehead atoms. The number of halogens is 8. The predicted octanol–water partition coefficient (Wildman–Crippen LogP) is 10.8. The number of nitriles is 1. The van der Waals surface area contributed by atoms with Crippen molar-refractivity contribution in [3.63, 3.8) is 0 Å². The van der Waals surface area contributed by atoms with E-state index in [4.69, 9.17) is 91.4 Å². The quantitative estimate of drug-likeness (QED) is 0.0473. The van der Waals surface area contributed by atoms with Gasteiger partial charge >= 0.3 is 23.9 Å². The van der Waals surface area contributed by atoms with E-state index in [2.05, 4.69) is 38.9 Å². The third-order valence-electron chi connectivity index (χ3n) is 12.8. The van der Waals surface area contributed by atoms with Crippen molar-refractivity contribution in [3.8, 4) is 85.6 Å². The van der Waals surface area contributed by atoms with Crippen molar-refractivity contribution in [2.24, 2.45) is 0 Å². The van der Waals surface area contributed by atoms with E-state index in [1.54, 1.807) is 38.4 Å². The lowest BCUT2D eigenvalue weighted by Crippen LogP contribution is -2.14. The fourth-order valence-corrected chi connectivity index (χ4v) is 9.02. The number of ether oxygens (including phenoxy) is 10. The van der Waals surface area contributed by atoms with Gasteiger partial charge in [0, 0.05) is 41.4 Å². The maximum Gasteiger partial charge on any atom is 0.360 e. The average molecular weight is 1340 g/mol. The van der Waals surface area contributed by atoms with Gasteiger partial charge in [-0.15, -0.1) is 0 Å². The number of carbonyl (C=O) groups is 4. The van der Waals surface area contributed by atoms with Crippen LogP contribution in [0.1, 0.15) is 47.5 Å². The van der Waals surface area contributed by atoms with E-state index < -0.39 is 75.7 Å². The minimum atomic E-state index is -1.03. The molecule has 0 fully saturated rings. The summed E-state index contributed by atoms with van der Waals surface area (Å²) in [5, 5.41) is 9.69. The highest BCUT2D eigenvalue weighted by molar-refractivity contribution is 6.36. The van der Waals surface area contributed by atoms with E-state index in [9.17, 15) is 41.1 Å². The molecule has 8 N–H and O–H groups in total. The van der Waals surface area contributed by atoms with E-state index in [0.29, 0.717) is 27.4 Å². The minimum Gasteiger partial charge on any atom is -0.492 e. The summed E-state index contributed by atoms with van der Waals surface area (Å²) in [4.78, 5) is 64.6. The average Bonchev–Trinajstić information content (AvgIpc) is 0.972. The number of carbonyl (C=O) groups excluding carboxylic acids is 4. The standard InChI is InChI=1S/C16H16ClF2N3O3.C15H12F2N2O5.C15H12FN3O3.C14H12Cl2N2O3/c1-22(2)14-8(17)6-5-7(9(14)18)12-10(19)11(20)15(24-3)13(21-12)16(23)25-4;1-21-14-10(18)9(17)11(19-12(14)15(20)22-2)6-3-4-7-13(8(6)16)24-5-23-7;1-21-14-11(18)10(16)12(19-13(14)15(20)22-2)9-5-3-8(7-17)4-6-9;1-20-13-10(17)9(16)11(18-12(13)14(19)21-2)7-3-5-8(15)6-4-7/h5-6H,1-4H3,(H2,20,21);3-4H,5H2,1-2H3,(H2,18,19);3-6H,1-2H3,(H2,18,19);3-6H,1-2H3,(H2,17,18). The molecule has 92 heavy (non-hydrogen) atoms. The fraction of sp³-hybridized carbons (Fsp3) is 0.183. The number of fused-ring (bicyclic) bond motifs is 1. The molecule has 0 amide bonds. The number of esters is 4. The molecule has 0 aliphatic carbocycles. The van der Waals surface area contributed by atoms with Crippen LogP contribution in [0.5, 0.6) is 34.5 Å². The molecule has 0 unspecified atom stereocenters. The number of anilines is 5. The van der Waals surface area contributed by atoms with Gasteiger partial charge in [0.2, 0.25) is 12.5 Å². The Balaban J connectivity index is 0.000000195. The van der Waals surface area contributed by atoms with Crippen LogP contribution in [0.2, 0.25) is 15.1 Å². The zero-order valence-electron chi connectivity index (χ0n) is 49.9. The summed E-state index contributed by atoms with van der Waals surface area (Å²) in [6, 6.07) is 20.1. The smallest absolute Gasteiger partial charge is 0.360 e. The van der Waals surface area contributed by atoms with Crippen LogP contribution < -0.4 is 56.3 Å². The predicted molar refractivity (Wildman–Crippen MR) is 328 cm³/mol. The normalized spacial score (nSPS) is 10.8. The molecular formula is C60H52Cl3F5N10O14. The topological polar surface area (TPSA) is 343 Å². The number of nitrogens with two attached hydrogens (primary N) is 4. The molecule has 4 aromatic heterocycles. The first-order chi connectivity index (χ1) is 43.7. The summed E-state index contributed by atoms with van der Waals surface area (Å²) >= 11 is 18.1. The zero-order chi connectivity index (χ0) is 68.2. The SMILES string of the molecule is COC(=O)c1nc(-c2ccc(C#N)cc2)c(F)c(N)c1OC.COC(=O)c1nc(-c2ccc(Cl)c(N(C)C)c2F)c(F)c(N)c1OC.COC(=O)c1nc(-c2ccc(Cl)cc2)c(Cl)c(N)c1OC.COC(=O)c1nc(-c2ccc3c(c2F)OCO3)c(F)c(N)c1OC. The van der Waals surface area contributed by atoms with Gasteiger partial charge in [0.1, 0.15) is 34.1 Å². The molecule has 1 aliphatic heterocycles. The number of nitrogen functional groups attached to an aromatic ring is 4. The first-order valence-corrected chi connectivity index (χ1v) is 26.8. The zero-order valence-corrected chi connectivity index (χ0v) is 52.1. The van der Waals surface area contributed by atoms with Crippen molar-refractivity contribution in [2.75, 3.05) is 106 Å². The summed E-state index contributed by atoms with van der Waals surface area (Å²) in [5.41, 5.74) is 21.2. The third kappa shape index (κ3) is 14.4. The van der Waals surface area contributed by atoms with Crippen LogP contribution in [0.15, 0.2) is 72.8 Å². The van der Waals surface area contributed by atoms with Crippen LogP contribution in [0.3, 0.4) is 0 Å². The van der Waals surface area contributed by atoms with Crippen molar-refractivity contribution in [1.82, 2.24) is 19.9 Å². The van der Waals surface area contributed by atoms with Crippen LogP contribution in [0, 0.1) is 40.4 Å². The second-order valence-electron chi connectivity index (χ2n) is 18.3. The molecule has 482 valence electrons. The maximum atomic E-state index is 14.9. The minimum absolute atomic E-state index is 0.0353. The third-order valence-corrected chi connectivity index (χ3v) is 13.7. The number of hydrogen-bond acceptors (Lipinski definition) is 24. The van der Waals surface area contributed by atoms with E-state index in [1.165, 1.54) is 96.1 Å². The van der Waals surface area contributed by atoms with Gasteiger partial charge in [0.05, 0.1) is 95.6 Å². The van der Waals surface area contributed by atoms with Gasteiger partial charge in [0.15, 0.2) is 80.6 Å². The number of methoxy groups -OCH3 is 8. The Morgan fingerprint density at radius 3 is 1.27 bits per heavy atom. The van der Waals surface area contributed by atoms with Crippen LogP contribution in [-0.4, -0.2) is 122 Å². The molecule has 0 radical (unpaired) electrons. The summed E-state index contributed by atoms with van der Waals surface area (Å²) in [6.45, 7) is -0.149. The first kappa shape index (κ1) is 70.3. The Morgan fingerprint density at radius 2 is 0.859 bits per heavy atom. The van der Waals surface area contributed by atoms with E-state index >= 15 is 0 Å². The number of nitrogens with zero attached hydrogens (tertiary/aromatic N) is 6. The van der Waals surface area contributed by atoms with Crippen molar-refractivity contribution in [1.29, 1.82) is 5.26 Å². The number of benzene rings is 4. The van der Waals surface area contributed by atoms with Gasteiger partial charge in [-0.1, -0.05) is 59.1 Å². The van der Waals surface area contributed by atoms with Crippen LogP contribution >= 0.6 is 34.8 Å². The van der Waals surface area contributed by atoms with Gasteiger partial charge in [-0.2, -0.15) is 5.26 Å². The number of pyridine rings is 4. The van der Waals surface area contributed by atoms with Crippen LogP contribution in [0.4, 0.5) is 50.4 Å². The van der Waals surface area contributed by atoms with Crippen molar-refractivity contribution >= 4 is 87.1 Å². The highest BCUT2D eigenvalue weighted by Crippen LogP contribution is 2.44. The van der Waals surface area contributed by atoms with Gasteiger partial charge < -0.3 is 75.2 Å². The molecule has 8 aromatic rings. The van der Waals surface area contributed by atoms with Crippen molar-refractivity contribution in [3.05, 3.63) is 145 Å². The molecule has 0 spiro atoms. The van der Waals surface area contributed by atoms with E-state index in [0.717, 1.165) is 14.2 Å². The van der Waals surface area contributed by atoms with E-state index in [-0.39, 0.29) is 108 Å². The highest BCUT2D eigenvalue weighted by Gasteiger charge is 2.32. The molecule has 24 nitrogen and oxygen atoms in total. The maximum absolute atomic E-state index is 14.9. The largest absolute Gasteiger partial charge is 0.492 e. The molecule has 9 rings (SSSR count). The Hall–Kier alpha value is -10.8. The number of hydrogen-bond donors (Lipinski definition) is 4. The molecule has 0 saturated heterocycles. The molecule has 0 saturated carbocycles. The van der Waals surface area contributed by atoms with Crippen molar-refractivity contribution < 1.29 is 88.5 Å². The number of rotatable bonds is 13. The molecular weight excluding hydrogens is 1290 g/mol.